The number of ether oxygens (including phenoxy) is 1. The van der Waals surface area contributed by atoms with Crippen molar-refractivity contribution in [3.63, 3.8) is 0 Å². The van der Waals surface area contributed by atoms with Crippen LogP contribution in [0.4, 0.5) is 35.1 Å². The van der Waals surface area contributed by atoms with Gasteiger partial charge in [0.05, 0.1) is 6.04 Å². The Balaban J connectivity index is 1.56. The molecule has 3 saturated heterocycles. The minimum absolute atomic E-state index is 0.133. The number of amides is 4. The van der Waals surface area contributed by atoms with Gasteiger partial charge in [-0.05, 0) is 30.1 Å². The molecular weight excluding hydrogens is 642 g/mol. The van der Waals surface area contributed by atoms with Gasteiger partial charge >= 0.3 is 18.4 Å². The van der Waals surface area contributed by atoms with E-state index in [1.54, 1.807) is 19.2 Å². The summed E-state index contributed by atoms with van der Waals surface area (Å²) in [4.78, 5) is 66.6. The molecule has 0 aromatic rings. The Bertz CT molecular complexity index is 1220. The molecule has 4 amide bonds. The first kappa shape index (κ1) is 35.8. The summed E-state index contributed by atoms with van der Waals surface area (Å²) < 4.78 is 109. The largest absolute Gasteiger partial charge is 0.522 e. The smallest absolute Gasteiger partial charge is 0.356 e. The van der Waals surface area contributed by atoms with Crippen LogP contribution in [-0.4, -0.2) is 115 Å². The third kappa shape index (κ3) is 8.24. The molecule has 19 heteroatoms. The quantitative estimate of drug-likeness (QED) is 0.281. The molecule has 0 spiro atoms. The number of carbonyl (C=O) groups excluding carboxylic acids is 5. The van der Waals surface area contributed by atoms with Gasteiger partial charge in [-0.3, -0.25) is 28.7 Å². The Hall–Kier alpha value is -3.09. The van der Waals surface area contributed by atoms with Gasteiger partial charge in [-0.25, -0.2) is 8.78 Å². The fraction of sp³-hybridized carbons (Fsp3) is 0.815. The molecule has 0 aromatic carbocycles. The van der Waals surface area contributed by atoms with E-state index in [1.807, 2.05) is 0 Å². The van der Waals surface area contributed by atoms with E-state index in [0.717, 1.165) is 4.90 Å². The Morgan fingerprint density at radius 2 is 1.65 bits per heavy atom. The second kappa shape index (κ2) is 12.8. The lowest BCUT2D eigenvalue weighted by molar-refractivity contribution is -0.321. The van der Waals surface area contributed by atoms with Crippen LogP contribution in [0.5, 0.6) is 0 Å². The number of hydrogen-bond donors (Lipinski definition) is 3. The lowest BCUT2D eigenvalue weighted by atomic mass is 9.94. The first-order valence-corrected chi connectivity index (χ1v) is 14.7. The molecule has 0 aromatic heterocycles. The van der Waals surface area contributed by atoms with E-state index >= 15 is 0 Å². The minimum Gasteiger partial charge on any atom is -0.356 e. The number of piperidine rings is 2. The van der Waals surface area contributed by atoms with Crippen molar-refractivity contribution < 1.29 is 63.8 Å². The molecule has 3 aliphatic heterocycles. The first-order valence-electron chi connectivity index (χ1n) is 14.7. The van der Waals surface area contributed by atoms with Crippen molar-refractivity contribution in [2.45, 2.75) is 76.1 Å². The number of ketones is 1. The number of alkyl halides is 8. The second-order valence-corrected chi connectivity index (χ2v) is 12.8. The molecular formula is C27H35F8N5O6. The molecule has 11 nitrogen and oxygen atoms in total. The van der Waals surface area contributed by atoms with Gasteiger partial charge in [0.2, 0.25) is 17.7 Å². The highest BCUT2D eigenvalue weighted by atomic mass is 19.4. The molecule has 3 N–H and O–H groups in total. The molecule has 46 heavy (non-hydrogen) atoms. The summed E-state index contributed by atoms with van der Waals surface area (Å²) >= 11 is 0. The van der Waals surface area contributed by atoms with Crippen LogP contribution in [0.25, 0.3) is 0 Å². The number of halogens is 8. The second-order valence-electron chi connectivity index (χ2n) is 12.8. The zero-order valence-electron chi connectivity index (χ0n) is 24.9. The number of Topliss-reactive ketones (excluding diaryl/α,β-unsaturated/α-hetero) is 1. The molecule has 1 unspecified atom stereocenters. The highest BCUT2D eigenvalue weighted by Gasteiger charge is 2.69. The third-order valence-corrected chi connectivity index (χ3v) is 9.42. The zero-order chi connectivity index (χ0) is 34.4. The molecule has 0 radical (unpaired) electrons. The summed E-state index contributed by atoms with van der Waals surface area (Å²) in [5.41, 5.74) is -0.549. The van der Waals surface area contributed by atoms with Crippen molar-refractivity contribution in [3.8, 4) is 0 Å². The molecule has 0 bridgehead atoms. The Morgan fingerprint density at radius 3 is 2.20 bits per heavy atom. The van der Waals surface area contributed by atoms with Gasteiger partial charge in [0.15, 0.2) is 5.78 Å². The SMILES string of the molecule is CC1(C)[C@@H]2[C@@H](C(=O)N[C@@H](C[C@@H]3CCNC3=O)C(=O)COC(F)(F)F)N(C(=O)C(CN3CCC(F)(F)CC3)NC(=O)C(F)(F)F)C[C@@H]21. The van der Waals surface area contributed by atoms with Crippen LogP contribution in [0.1, 0.15) is 39.5 Å². The molecule has 4 aliphatic rings. The number of nitrogens with one attached hydrogen (secondary N) is 3. The first-order chi connectivity index (χ1) is 21.1. The fourth-order valence-electron chi connectivity index (χ4n) is 6.70. The number of nitrogens with zero attached hydrogens (tertiary/aromatic N) is 2. The summed E-state index contributed by atoms with van der Waals surface area (Å²) in [5.74, 6) is -11.0. The van der Waals surface area contributed by atoms with Gasteiger partial charge in [0.25, 0.3) is 5.92 Å². The minimum atomic E-state index is -5.39. The van der Waals surface area contributed by atoms with Crippen LogP contribution >= 0.6 is 0 Å². The third-order valence-electron chi connectivity index (χ3n) is 9.42. The van der Waals surface area contributed by atoms with E-state index in [9.17, 15) is 59.1 Å². The predicted octanol–water partition coefficient (Wildman–Crippen LogP) is 1.36. The van der Waals surface area contributed by atoms with Crippen molar-refractivity contribution in [2.24, 2.45) is 23.2 Å². The van der Waals surface area contributed by atoms with Gasteiger partial charge in [0.1, 0.15) is 18.7 Å². The lowest BCUT2D eigenvalue weighted by Gasteiger charge is -2.37. The van der Waals surface area contributed by atoms with E-state index in [2.05, 4.69) is 15.4 Å². The summed E-state index contributed by atoms with van der Waals surface area (Å²) in [6.07, 6.45) is -12.0. The maximum atomic E-state index is 13.8. The van der Waals surface area contributed by atoms with E-state index in [1.165, 1.54) is 4.90 Å². The maximum absolute atomic E-state index is 13.8. The number of hydrogen-bond acceptors (Lipinski definition) is 7. The molecule has 260 valence electrons. The van der Waals surface area contributed by atoms with Gasteiger partial charge < -0.3 is 25.8 Å². The van der Waals surface area contributed by atoms with Crippen LogP contribution in [0.2, 0.25) is 0 Å². The van der Waals surface area contributed by atoms with Gasteiger partial charge in [-0.1, -0.05) is 13.8 Å². The Kier molecular flexibility index (Phi) is 9.98. The van der Waals surface area contributed by atoms with Gasteiger partial charge in [-0.2, -0.15) is 13.2 Å². The maximum Gasteiger partial charge on any atom is 0.522 e. The van der Waals surface area contributed by atoms with E-state index in [0.29, 0.717) is 0 Å². The van der Waals surface area contributed by atoms with Crippen molar-refractivity contribution >= 4 is 29.4 Å². The summed E-state index contributed by atoms with van der Waals surface area (Å²) in [6.45, 7) is 1.04. The van der Waals surface area contributed by atoms with Crippen LogP contribution in [-0.2, 0) is 28.7 Å². The summed E-state index contributed by atoms with van der Waals surface area (Å²) in [5, 5.41) is 6.48. The highest BCUT2D eigenvalue weighted by molar-refractivity contribution is 5.97. The summed E-state index contributed by atoms with van der Waals surface area (Å²) in [7, 11) is 0. The molecule has 3 heterocycles. The highest BCUT2D eigenvalue weighted by Crippen LogP contribution is 2.65. The topological polar surface area (TPSA) is 137 Å². The van der Waals surface area contributed by atoms with E-state index < -0.39 is 109 Å². The van der Waals surface area contributed by atoms with Crippen LogP contribution < -0.4 is 16.0 Å². The lowest BCUT2D eigenvalue weighted by Crippen LogP contribution is -2.61. The molecule has 6 atom stereocenters. The number of fused-ring (bicyclic) bond motifs is 1. The average Bonchev–Trinajstić information content (AvgIpc) is 3.28. The van der Waals surface area contributed by atoms with Crippen molar-refractivity contribution in [2.75, 3.05) is 39.3 Å². The average molecular weight is 678 g/mol. The number of likely N-dealkylation sites (tertiary alicyclic amines) is 2. The molecule has 4 rings (SSSR count). The summed E-state index contributed by atoms with van der Waals surface area (Å²) in [6, 6.07) is -4.94. The normalized spacial score (nSPS) is 28.6. The van der Waals surface area contributed by atoms with Crippen molar-refractivity contribution in [1.82, 2.24) is 25.8 Å². The molecule has 1 aliphatic carbocycles. The Morgan fingerprint density at radius 1 is 1.02 bits per heavy atom. The van der Waals surface area contributed by atoms with Crippen LogP contribution in [0.3, 0.4) is 0 Å². The predicted molar refractivity (Wildman–Crippen MR) is 140 cm³/mol. The van der Waals surface area contributed by atoms with E-state index in [-0.39, 0.29) is 44.9 Å². The number of rotatable bonds is 11. The van der Waals surface area contributed by atoms with Crippen molar-refractivity contribution in [3.05, 3.63) is 0 Å². The van der Waals surface area contributed by atoms with Crippen LogP contribution in [0, 0.1) is 23.2 Å². The zero-order valence-corrected chi connectivity index (χ0v) is 24.9. The van der Waals surface area contributed by atoms with Crippen LogP contribution in [0.15, 0.2) is 0 Å². The number of carbonyl (C=O) groups is 5. The van der Waals surface area contributed by atoms with Gasteiger partial charge in [-0.15, -0.1) is 13.2 Å². The van der Waals surface area contributed by atoms with Gasteiger partial charge in [0, 0.05) is 51.5 Å². The monoisotopic (exact) mass is 677 g/mol. The molecule has 4 fully saturated rings. The molecule has 1 saturated carbocycles. The Labute approximate surface area is 258 Å². The van der Waals surface area contributed by atoms with E-state index in [4.69, 9.17) is 0 Å². The fourth-order valence-corrected chi connectivity index (χ4v) is 6.70. The van der Waals surface area contributed by atoms with Crippen molar-refractivity contribution in [1.29, 1.82) is 0 Å². The standard InChI is InChI=1S/C27H35F8N5O6/c1-24(2)14-10-40(22(44)16(38-23(45)26(30,31)32)11-39-7-4-25(28,29)5-8-39)19(18(14)24)21(43)37-15(9-13-3-6-36-20(13)42)17(41)12-46-27(33,34)35/h13-16,18-19H,3-12H2,1-2H3,(H,36,42)(H,37,43)(H,38,45)/t13-,14-,15-,16?,18-,19-/m0/s1.